The number of benzene rings is 1. The maximum Gasteiger partial charge on any atom is 0.225 e. The number of carbonyl (C=O) groups is 1. The van der Waals surface area contributed by atoms with E-state index in [2.05, 4.69) is 14.9 Å². The molecule has 0 aliphatic carbocycles. The van der Waals surface area contributed by atoms with Gasteiger partial charge in [-0.05, 0) is 30.5 Å². The van der Waals surface area contributed by atoms with Gasteiger partial charge in [-0.2, -0.15) is 0 Å². The van der Waals surface area contributed by atoms with E-state index < -0.39 is 0 Å². The molecule has 1 saturated heterocycles. The zero-order chi connectivity index (χ0) is 18.8. The van der Waals surface area contributed by atoms with Gasteiger partial charge in [0.2, 0.25) is 11.9 Å². The minimum absolute atomic E-state index is 0.0860. The predicted molar refractivity (Wildman–Crippen MR) is 98.8 cm³/mol. The number of aryl methyl sites for hydroxylation is 2. The third-order valence-electron chi connectivity index (χ3n) is 5.14. The number of ether oxygens (including phenoxy) is 1. The number of amides is 1. The molecule has 2 aliphatic rings. The second-order valence-corrected chi connectivity index (χ2v) is 7.07. The van der Waals surface area contributed by atoms with Crippen LogP contribution < -0.4 is 4.90 Å². The highest BCUT2D eigenvalue weighted by atomic mass is 19.1. The molecular weight excluding hydrogens is 347 g/mol. The Kier molecular flexibility index (Phi) is 5.03. The Morgan fingerprint density at radius 2 is 2.07 bits per heavy atom. The minimum atomic E-state index is -0.213. The average Bonchev–Trinajstić information content (AvgIpc) is 3.13. The van der Waals surface area contributed by atoms with E-state index in [1.54, 1.807) is 19.1 Å². The molecule has 0 spiro atoms. The van der Waals surface area contributed by atoms with Gasteiger partial charge in [0, 0.05) is 37.8 Å². The van der Waals surface area contributed by atoms with Gasteiger partial charge in [-0.3, -0.25) is 4.79 Å². The van der Waals surface area contributed by atoms with Crippen molar-refractivity contribution in [2.24, 2.45) is 0 Å². The first-order chi connectivity index (χ1) is 13.1. The number of hydrogen-bond donors (Lipinski definition) is 0. The van der Waals surface area contributed by atoms with Crippen molar-refractivity contribution in [3.05, 3.63) is 52.6 Å². The lowest BCUT2D eigenvalue weighted by Gasteiger charge is -2.26. The monoisotopic (exact) mass is 370 g/mol. The molecule has 3 heterocycles. The maximum atomic E-state index is 13.4. The minimum Gasteiger partial charge on any atom is -0.378 e. The van der Waals surface area contributed by atoms with E-state index >= 15 is 0 Å². The second kappa shape index (κ2) is 7.60. The normalized spacial score (nSPS) is 16.5. The maximum absolute atomic E-state index is 13.4. The zero-order valence-corrected chi connectivity index (χ0v) is 15.4. The SMILES string of the molecule is Cc1cc(CCC(=O)N2Cc3cnc(N4CCOCC4)nc3C2)ccc1F. The summed E-state index contributed by atoms with van der Waals surface area (Å²) >= 11 is 0. The zero-order valence-electron chi connectivity index (χ0n) is 15.4. The Hall–Kier alpha value is -2.54. The molecule has 0 N–H and O–H groups in total. The van der Waals surface area contributed by atoms with Crippen LogP contribution in [0.25, 0.3) is 0 Å². The molecule has 27 heavy (non-hydrogen) atoms. The van der Waals surface area contributed by atoms with Crippen LogP contribution in [0.15, 0.2) is 24.4 Å². The molecule has 2 aliphatic heterocycles. The van der Waals surface area contributed by atoms with Crippen LogP contribution in [-0.4, -0.2) is 47.1 Å². The van der Waals surface area contributed by atoms with Crippen LogP contribution in [-0.2, 0) is 29.0 Å². The van der Waals surface area contributed by atoms with Gasteiger partial charge in [0.25, 0.3) is 0 Å². The number of morpholine rings is 1. The molecule has 1 amide bonds. The number of hydrogen-bond acceptors (Lipinski definition) is 5. The van der Waals surface area contributed by atoms with E-state index in [9.17, 15) is 9.18 Å². The first kappa shape index (κ1) is 17.9. The molecular formula is C20H23FN4O2. The first-order valence-electron chi connectivity index (χ1n) is 9.30. The molecule has 0 unspecified atom stereocenters. The molecule has 0 radical (unpaired) electrons. The van der Waals surface area contributed by atoms with Crippen LogP contribution in [0, 0.1) is 12.7 Å². The summed E-state index contributed by atoms with van der Waals surface area (Å²) in [6.07, 6.45) is 2.85. The van der Waals surface area contributed by atoms with E-state index in [-0.39, 0.29) is 11.7 Å². The third kappa shape index (κ3) is 3.93. The highest BCUT2D eigenvalue weighted by Crippen LogP contribution is 2.24. The fourth-order valence-electron chi connectivity index (χ4n) is 3.51. The van der Waals surface area contributed by atoms with Crippen LogP contribution in [0.5, 0.6) is 0 Å². The van der Waals surface area contributed by atoms with Crippen LogP contribution in [0.2, 0.25) is 0 Å². The van der Waals surface area contributed by atoms with Gasteiger partial charge >= 0.3 is 0 Å². The van der Waals surface area contributed by atoms with Crippen LogP contribution in [0.4, 0.5) is 10.3 Å². The molecule has 1 fully saturated rings. The van der Waals surface area contributed by atoms with Gasteiger partial charge in [0.15, 0.2) is 0 Å². The lowest BCUT2D eigenvalue weighted by atomic mass is 10.1. The van der Waals surface area contributed by atoms with Crippen molar-refractivity contribution in [1.82, 2.24) is 14.9 Å². The summed E-state index contributed by atoms with van der Waals surface area (Å²) in [5.74, 6) is 0.589. The van der Waals surface area contributed by atoms with Crippen molar-refractivity contribution in [3.63, 3.8) is 0 Å². The van der Waals surface area contributed by atoms with E-state index in [0.29, 0.717) is 50.7 Å². The molecule has 1 aromatic carbocycles. The van der Waals surface area contributed by atoms with Gasteiger partial charge in [0.1, 0.15) is 5.82 Å². The summed E-state index contributed by atoms with van der Waals surface area (Å²) in [6.45, 7) is 5.78. The van der Waals surface area contributed by atoms with Crippen molar-refractivity contribution in [2.45, 2.75) is 32.9 Å². The van der Waals surface area contributed by atoms with E-state index in [0.717, 1.165) is 29.9 Å². The number of fused-ring (bicyclic) bond motifs is 1. The predicted octanol–water partition coefficient (Wildman–Crippen LogP) is 2.24. The highest BCUT2D eigenvalue weighted by molar-refractivity contribution is 5.77. The summed E-state index contributed by atoms with van der Waals surface area (Å²) in [5, 5.41) is 0. The molecule has 0 atom stereocenters. The van der Waals surface area contributed by atoms with Gasteiger partial charge in [-0.25, -0.2) is 14.4 Å². The average molecular weight is 370 g/mol. The van der Waals surface area contributed by atoms with Crippen molar-refractivity contribution in [2.75, 3.05) is 31.2 Å². The molecule has 4 rings (SSSR count). The van der Waals surface area contributed by atoms with Crippen molar-refractivity contribution >= 4 is 11.9 Å². The van der Waals surface area contributed by atoms with Crippen LogP contribution in [0.3, 0.4) is 0 Å². The Labute approximate surface area is 158 Å². The number of carbonyl (C=O) groups excluding carboxylic acids is 1. The van der Waals surface area contributed by atoms with Gasteiger partial charge in [0.05, 0.1) is 25.5 Å². The van der Waals surface area contributed by atoms with Crippen LogP contribution >= 0.6 is 0 Å². The second-order valence-electron chi connectivity index (χ2n) is 7.07. The number of halogens is 1. The summed E-state index contributed by atoms with van der Waals surface area (Å²) in [6, 6.07) is 5.01. The standard InChI is InChI=1S/C20H23FN4O2/c1-14-10-15(2-4-17(14)21)3-5-19(26)25-12-16-11-22-20(23-18(16)13-25)24-6-8-27-9-7-24/h2,4,10-11H,3,5-9,12-13H2,1H3. The first-order valence-corrected chi connectivity index (χ1v) is 9.30. The Morgan fingerprint density at radius 3 is 2.85 bits per heavy atom. The lowest BCUT2D eigenvalue weighted by molar-refractivity contribution is -0.131. The van der Waals surface area contributed by atoms with Gasteiger partial charge in [-0.1, -0.05) is 12.1 Å². The lowest BCUT2D eigenvalue weighted by Crippen LogP contribution is -2.37. The fraction of sp³-hybridized carbons (Fsp3) is 0.450. The summed E-state index contributed by atoms with van der Waals surface area (Å²) in [4.78, 5) is 25.7. The van der Waals surface area contributed by atoms with E-state index in [1.807, 2.05) is 11.1 Å². The van der Waals surface area contributed by atoms with Gasteiger partial charge < -0.3 is 14.5 Å². The topological polar surface area (TPSA) is 58.6 Å². The third-order valence-corrected chi connectivity index (χ3v) is 5.14. The Balaban J connectivity index is 1.37. The number of aromatic nitrogens is 2. The van der Waals surface area contributed by atoms with E-state index in [1.165, 1.54) is 6.07 Å². The highest BCUT2D eigenvalue weighted by Gasteiger charge is 2.26. The smallest absolute Gasteiger partial charge is 0.225 e. The molecule has 0 bridgehead atoms. The molecule has 2 aromatic rings. The quantitative estimate of drug-likeness (QED) is 0.826. The summed E-state index contributed by atoms with van der Waals surface area (Å²) in [5.41, 5.74) is 3.53. The molecule has 142 valence electrons. The summed E-state index contributed by atoms with van der Waals surface area (Å²) in [7, 11) is 0. The number of rotatable bonds is 4. The van der Waals surface area contributed by atoms with Crippen molar-refractivity contribution in [1.29, 1.82) is 0 Å². The Morgan fingerprint density at radius 1 is 1.26 bits per heavy atom. The van der Waals surface area contributed by atoms with E-state index in [4.69, 9.17) is 4.74 Å². The molecule has 6 nitrogen and oxygen atoms in total. The summed E-state index contributed by atoms with van der Waals surface area (Å²) < 4.78 is 18.7. The molecule has 1 aromatic heterocycles. The Bertz CT molecular complexity index is 852. The molecule has 7 heteroatoms. The number of nitrogens with zero attached hydrogens (tertiary/aromatic N) is 4. The number of anilines is 1. The largest absolute Gasteiger partial charge is 0.378 e. The van der Waals surface area contributed by atoms with Crippen molar-refractivity contribution < 1.29 is 13.9 Å². The fourth-order valence-corrected chi connectivity index (χ4v) is 3.51. The molecule has 0 saturated carbocycles. The van der Waals surface area contributed by atoms with Crippen molar-refractivity contribution in [3.8, 4) is 0 Å². The van der Waals surface area contributed by atoms with Crippen LogP contribution in [0.1, 0.15) is 28.8 Å². The van der Waals surface area contributed by atoms with Gasteiger partial charge in [-0.15, -0.1) is 0 Å².